The summed E-state index contributed by atoms with van der Waals surface area (Å²) in [6.07, 6.45) is 4.15. The molecule has 0 saturated heterocycles. The molecule has 0 aliphatic carbocycles. The van der Waals surface area contributed by atoms with Crippen LogP contribution in [0.15, 0.2) is 29.4 Å². The number of carboxylic acids is 1. The van der Waals surface area contributed by atoms with Crippen LogP contribution < -0.4 is 5.43 Å². The topological polar surface area (TPSA) is 61.7 Å². The smallest absolute Gasteiger partial charge is 0.335 e. The molecule has 0 radical (unpaired) electrons. The number of hydrazone groups is 1. The number of carboxylic acid groups (broad SMARTS) is 1. The van der Waals surface area contributed by atoms with E-state index in [9.17, 15) is 4.79 Å². The first-order valence-corrected chi connectivity index (χ1v) is 6.32. The van der Waals surface area contributed by atoms with Crippen LogP contribution >= 0.6 is 0 Å². The molecule has 0 aromatic heterocycles. The number of hydrogen-bond acceptors (Lipinski definition) is 3. The molecule has 4 heteroatoms. The van der Waals surface area contributed by atoms with Crippen LogP contribution in [-0.2, 0) is 0 Å². The molecule has 4 nitrogen and oxygen atoms in total. The number of aromatic carboxylic acids is 1. The molecular formula is C14H20N2O2. The minimum Gasteiger partial charge on any atom is -0.478 e. The molecule has 0 unspecified atom stereocenters. The highest BCUT2D eigenvalue weighted by atomic mass is 16.4. The predicted molar refractivity (Wildman–Crippen MR) is 74.3 cm³/mol. The average molecular weight is 248 g/mol. The average Bonchev–Trinajstić information content (AvgIpc) is 2.37. The summed E-state index contributed by atoms with van der Waals surface area (Å²) >= 11 is 0. The van der Waals surface area contributed by atoms with Crippen LogP contribution in [0.2, 0.25) is 0 Å². The molecule has 2 N–H and O–H groups in total. The summed E-state index contributed by atoms with van der Waals surface area (Å²) in [5.74, 6) is -0.914. The molecule has 98 valence electrons. The zero-order chi connectivity index (χ0) is 13.4. The fourth-order valence-electron chi connectivity index (χ4n) is 1.64. The summed E-state index contributed by atoms with van der Waals surface area (Å²) in [4.78, 5) is 10.7. The van der Waals surface area contributed by atoms with E-state index in [1.165, 1.54) is 0 Å². The maximum absolute atomic E-state index is 10.7. The van der Waals surface area contributed by atoms with Gasteiger partial charge in [0.05, 0.1) is 11.3 Å². The van der Waals surface area contributed by atoms with Crippen LogP contribution in [-0.4, -0.2) is 16.8 Å². The second kappa shape index (κ2) is 7.48. The van der Waals surface area contributed by atoms with E-state index in [0.717, 1.165) is 37.1 Å². The van der Waals surface area contributed by atoms with E-state index in [1.54, 1.807) is 24.3 Å². The van der Waals surface area contributed by atoms with Gasteiger partial charge >= 0.3 is 5.97 Å². The van der Waals surface area contributed by atoms with E-state index in [2.05, 4.69) is 24.4 Å². The Balaban J connectivity index is 2.65. The van der Waals surface area contributed by atoms with Crippen molar-refractivity contribution >= 4 is 17.4 Å². The highest BCUT2D eigenvalue weighted by Gasteiger charge is 2.01. The Morgan fingerprint density at radius 3 is 2.17 bits per heavy atom. The van der Waals surface area contributed by atoms with Crippen molar-refractivity contribution in [2.75, 3.05) is 5.43 Å². The molecule has 0 spiro atoms. The molecule has 0 amide bonds. The van der Waals surface area contributed by atoms with Crippen LogP contribution in [0.25, 0.3) is 0 Å². The quantitative estimate of drug-likeness (QED) is 0.570. The fourth-order valence-corrected chi connectivity index (χ4v) is 1.64. The number of carbonyl (C=O) groups is 1. The van der Waals surface area contributed by atoms with Gasteiger partial charge in [-0.3, -0.25) is 5.43 Å². The highest BCUT2D eigenvalue weighted by molar-refractivity contribution is 5.88. The van der Waals surface area contributed by atoms with Gasteiger partial charge in [0.15, 0.2) is 0 Å². The second-order valence-electron chi connectivity index (χ2n) is 4.17. The van der Waals surface area contributed by atoms with E-state index in [0.29, 0.717) is 0 Å². The molecule has 18 heavy (non-hydrogen) atoms. The molecule has 0 heterocycles. The minimum atomic E-state index is -0.914. The van der Waals surface area contributed by atoms with Crippen molar-refractivity contribution in [3.63, 3.8) is 0 Å². The third-order valence-electron chi connectivity index (χ3n) is 2.55. The van der Waals surface area contributed by atoms with Gasteiger partial charge < -0.3 is 5.11 Å². The van der Waals surface area contributed by atoms with Gasteiger partial charge in [-0.05, 0) is 37.1 Å². The van der Waals surface area contributed by atoms with Gasteiger partial charge in [-0.25, -0.2) is 4.79 Å². The molecule has 0 aliphatic rings. The minimum absolute atomic E-state index is 0.284. The lowest BCUT2D eigenvalue weighted by molar-refractivity contribution is 0.0697. The largest absolute Gasteiger partial charge is 0.478 e. The van der Waals surface area contributed by atoms with E-state index >= 15 is 0 Å². The third-order valence-corrected chi connectivity index (χ3v) is 2.55. The van der Waals surface area contributed by atoms with E-state index in [-0.39, 0.29) is 5.56 Å². The van der Waals surface area contributed by atoms with Crippen molar-refractivity contribution in [3.8, 4) is 0 Å². The lowest BCUT2D eigenvalue weighted by atomic mass is 10.1. The SMILES string of the molecule is CCCC(CCC)=NNc1ccc(C(=O)O)cc1. The summed E-state index contributed by atoms with van der Waals surface area (Å²) in [6.45, 7) is 4.26. The number of hydrogen-bond donors (Lipinski definition) is 2. The first kappa shape index (κ1) is 14.2. The Hall–Kier alpha value is -1.84. The van der Waals surface area contributed by atoms with Crippen molar-refractivity contribution in [3.05, 3.63) is 29.8 Å². The molecule has 0 atom stereocenters. The number of benzene rings is 1. The standard InChI is InChI=1S/C14H20N2O2/c1-3-5-12(6-4-2)15-16-13-9-7-11(8-10-13)14(17)18/h7-10,16H,3-6H2,1-2H3,(H,17,18). The summed E-state index contributed by atoms with van der Waals surface area (Å²) in [7, 11) is 0. The fraction of sp³-hybridized carbons (Fsp3) is 0.429. The Kier molecular flexibility index (Phi) is 5.91. The first-order valence-electron chi connectivity index (χ1n) is 6.32. The predicted octanol–water partition coefficient (Wildman–Crippen LogP) is 3.75. The molecule has 1 aromatic rings. The van der Waals surface area contributed by atoms with Gasteiger partial charge in [0, 0.05) is 5.71 Å². The van der Waals surface area contributed by atoms with Crippen LogP contribution in [0.4, 0.5) is 5.69 Å². The maximum atomic E-state index is 10.7. The highest BCUT2D eigenvalue weighted by Crippen LogP contribution is 2.10. The van der Waals surface area contributed by atoms with Gasteiger partial charge in [0.2, 0.25) is 0 Å². The van der Waals surface area contributed by atoms with Crippen molar-refractivity contribution in [1.82, 2.24) is 0 Å². The molecule has 0 bridgehead atoms. The van der Waals surface area contributed by atoms with Crippen LogP contribution in [0.5, 0.6) is 0 Å². The van der Waals surface area contributed by atoms with E-state index < -0.39 is 5.97 Å². The molecule has 0 saturated carbocycles. The normalized spacial score (nSPS) is 9.89. The number of nitrogens with zero attached hydrogens (tertiary/aromatic N) is 1. The summed E-state index contributed by atoms with van der Waals surface area (Å²) in [6, 6.07) is 6.59. The monoisotopic (exact) mass is 248 g/mol. The second-order valence-corrected chi connectivity index (χ2v) is 4.17. The third kappa shape index (κ3) is 4.57. The molecular weight excluding hydrogens is 228 g/mol. The van der Waals surface area contributed by atoms with E-state index in [4.69, 9.17) is 5.11 Å². The summed E-state index contributed by atoms with van der Waals surface area (Å²) in [5, 5.41) is 13.2. The Bertz CT molecular complexity index is 402. The first-order chi connectivity index (χ1) is 8.67. The van der Waals surface area contributed by atoms with E-state index in [1.807, 2.05) is 0 Å². The number of nitrogens with one attached hydrogen (secondary N) is 1. The zero-order valence-corrected chi connectivity index (χ0v) is 10.9. The van der Waals surface area contributed by atoms with Crippen molar-refractivity contribution in [1.29, 1.82) is 0 Å². The van der Waals surface area contributed by atoms with Crippen molar-refractivity contribution < 1.29 is 9.90 Å². The van der Waals surface area contributed by atoms with Gasteiger partial charge in [-0.1, -0.05) is 26.7 Å². The summed E-state index contributed by atoms with van der Waals surface area (Å²) < 4.78 is 0. The molecule has 0 fully saturated rings. The van der Waals surface area contributed by atoms with Crippen molar-refractivity contribution in [2.24, 2.45) is 5.10 Å². The van der Waals surface area contributed by atoms with Crippen molar-refractivity contribution in [2.45, 2.75) is 39.5 Å². The van der Waals surface area contributed by atoms with Crippen LogP contribution in [0.1, 0.15) is 49.9 Å². The molecule has 1 aromatic carbocycles. The Morgan fingerprint density at radius 2 is 1.72 bits per heavy atom. The van der Waals surface area contributed by atoms with Gasteiger partial charge in [0.1, 0.15) is 0 Å². The van der Waals surface area contributed by atoms with Crippen LogP contribution in [0, 0.1) is 0 Å². The van der Waals surface area contributed by atoms with Gasteiger partial charge in [-0.2, -0.15) is 5.10 Å². The Morgan fingerprint density at radius 1 is 1.17 bits per heavy atom. The summed E-state index contributed by atoms with van der Waals surface area (Å²) in [5.41, 5.74) is 5.22. The van der Waals surface area contributed by atoms with Crippen LogP contribution in [0.3, 0.4) is 0 Å². The lowest BCUT2D eigenvalue weighted by Crippen LogP contribution is -2.02. The lowest BCUT2D eigenvalue weighted by Gasteiger charge is -2.05. The van der Waals surface area contributed by atoms with Gasteiger partial charge in [-0.15, -0.1) is 0 Å². The maximum Gasteiger partial charge on any atom is 0.335 e. The Labute approximate surface area is 108 Å². The number of anilines is 1. The van der Waals surface area contributed by atoms with Gasteiger partial charge in [0.25, 0.3) is 0 Å². The molecule has 1 rings (SSSR count). The number of rotatable bonds is 7. The zero-order valence-electron chi connectivity index (χ0n) is 10.9. The molecule has 0 aliphatic heterocycles.